The summed E-state index contributed by atoms with van der Waals surface area (Å²) in [4.78, 5) is 4.63. The van der Waals surface area contributed by atoms with Crippen LogP contribution in [0.15, 0.2) is 18.2 Å². The molecule has 1 heterocycles. The molecule has 2 aromatic rings. The molecule has 0 atom stereocenters. The minimum atomic E-state index is -0.0609. The van der Waals surface area contributed by atoms with Crippen LogP contribution < -0.4 is 5.73 Å². The molecule has 4 nitrogen and oxygen atoms in total. The van der Waals surface area contributed by atoms with E-state index >= 15 is 0 Å². The van der Waals surface area contributed by atoms with Gasteiger partial charge in [-0.05, 0) is 18.6 Å². The number of nitrogens with zero attached hydrogens (tertiary/aromatic N) is 3. The summed E-state index contributed by atoms with van der Waals surface area (Å²) in [6, 6.07) is 5.98. The molecule has 0 fully saturated rings. The number of aryl methyl sites for hydroxylation is 2. The number of anilines is 1. The van der Waals surface area contributed by atoms with Crippen molar-refractivity contribution in [2.75, 3.05) is 5.73 Å². The van der Waals surface area contributed by atoms with Crippen molar-refractivity contribution in [3.63, 3.8) is 0 Å². The second kappa shape index (κ2) is 4.12. The predicted molar refractivity (Wildman–Crippen MR) is 74.3 cm³/mol. The molecule has 0 aliphatic heterocycles. The van der Waals surface area contributed by atoms with Crippen molar-refractivity contribution in [1.29, 1.82) is 0 Å². The van der Waals surface area contributed by atoms with Crippen molar-refractivity contribution >= 4 is 5.69 Å². The molecule has 0 unspecified atom stereocenters. The number of aromatic nitrogens is 3. The van der Waals surface area contributed by atoms with E-state index in [4.69, 9.17) is 5.73 Å². The first-order valence-electron chi connectivity index (χ1n) is 6.07. The third-order valence-electron chi connectivity index (χ3n) is 3.00. The minimum Gasteiger partial charge on any atom is -0.398 e. The molecule has 0 bridgehead atoms. The molecule has 18 heavy (non-hydrogen) atoms. The van der Waals surface area contributed by atoms with E-state index in [1.54, 1.807) is 4.68 Å². The van der Waals surface area contributed by atoms with Crippen LogP contribution in [0.1, 0.15) is 32.2 Å². The maximum atomic E-state index is 6.12. The number of nitrogen functional groups attached to an aromatic ring is 1. The van der Waals surface area contributed by atoms with Crippen LogP contribution in [0, 0.1) is 6.92 Å². The third-order valence-corrected chi connectivity index (χ3v) is 3.00. The van der Waals surface area contributed by atoms with Gasteiger partial charge in [-0.25, -0.2) is 9.67 Å². The van der Waals surface area contributed by atoms with Crippen LogP contribution >= 0.6 is 0 Å². The zero-order chi connectivity index (χ0) is 13.5. The zero-order valence-corrected chi connectivity index (χ0v) is 11.7. The number of rotatable bonds is 1. The smallest absolute Gasteiger partial charge is 0.160 e. The molecular formula is C14H20N4. The topological polar surface area (TPSA) is 56.7 Å². The van der Waals surface area contributed by atoms with E-state index in [0.717, 1.165) is 28.5 Å². The largest absolute Gasteiger partial charge is 0.398 e. The van der Waals surface area contributed by atoms with Gasteiger partial charge in [-0.15, -0.1) is 0 Å². The highest BCUT2D eigenvalue weighted by atomic mass is 15.3. The van der Waals surface area contributed by atoms with Crippen LogP contribution in [0.4, 0.5) is 5.69 Å². The van der Waals surface area contributed by atoms with E-state index in [1.807, 2.05) is 32.2 Å². The maximum Gasteiger partial charge on any atom is 0.160 e. The van der Waals surface area contributed by atoms with Crippen molar-refractivity contribution in [2.24, 2.45) is 7.05 Å². The molecule has 4 heteroatoms. The Bertz CT molecular complexity index is 576. The summed E-state index contributed by atoms with van der Waals surface area (Å²) in [7, 11) is 1.90. The highest BCUT2D eigenvalue weighted by Gasteiger charge is 2.22. The molecule has 0 spiro atoms. The van der Waals surface area contributed by atoms with Crippen molar-refractivity contribution in [3.05, 3.63) is 29.6 Å². The van der Waals surface area contributed by atoms with Gasteiger partial charge in [0.2, 0.25) is 0 Å². The molecule has 0 saturated heterocycles. The van der Waals surface area contributed by atoms with Crippen LogP contribution in [-0.2, 0) is 12.5 Å². The Hall–Kier alpha value is -1.84. The fourth-order valence-corrected chi connectivity index (χ4v) is 1.81. The summed E-state index contributed by atoms with van der Waals surface area (Å²) in [5, 5.41) is 4.48. The third kappa shape index (κ3) is 2.10. The summed E-state index contributed by atoms with van der Waals surface area (Å²) in [5.41, 5.74) is 8.84. The monoisotopic (exact) mass is 244 g/mol. The molecule has 1 aromatic heterocycles. The Morgan fingerprint density at radius 2 is 1.89 bits per heavy atom. The SMILES string of the molecule is Cc1cccc(-c2nc(C(C)(C)C)nn2C)c1N. The normalized spacial score (nSPS) is 11.8. The van der Waals surface area contributed by atoms with Crippen LogP contribution in [0.2, 0.25) is 0 Å². The van der Waals surface area contributed by atoms with E-state index in [1.165, 1.54) is 0 Å². The molecule has 0 radical (unpaired) electrons. The fraction of sp³-hybridized carbons (Fsp3) is 0.429. The highest BCUT2D eigenvalue weighted by molar-refractivity contribution is 5.74. The summed E-state index contributed by atoms with van der Waals surface area (Å²) < 4.78 is 1.80. The molecule has 2 rings (SSSR count). The number of benzene rings is 1. The average Bonchev–Trinajstić information content (AvgIpc) is 2.64. The van der Waals surface area contributed by atoms with Gasteiger partial charge in [-0.2, -0.15) is 5.10 Å². The van der Waals surface area contributed by atoms with Gasteiger partial charge in [0.1, 0.15) is 0 Å². The van der Waals surface area contributed by atoms with E-state index in [2.05, 4.69) is 30.9 Å². The molecule has 2 N–H and O–H groups in total. The van der Waals surface area contributed by atoms with Crippen LogP contribution in [0.25, 0.3) is 11.4 Å². The van der Waals surface area contributed by atoms with Gasteiger partial charge < -0.3 is 5.73 Å². The summed E-state index contributed by atoms with van der Waals surface area (Å²) >= 11 is 0. The number of hydrogen-bond acceptors (Lipinski definition) is 3. The van der Waals surface area contributed by atoms with Gasteiger partial charge in [0.15, 0.2) is 11.6 Å². The van der Waals surface area contributed by atoms with E-state index in [0.29, 0.717) is 0 Å². The van der Waals surface area contributed by atoms with Crippen LogP contribution in [0.5, 0.6) is 0 Å². The van der Waals surface area contributed by atoms with Crippen molar-refractivity contribution in [1.82, 2.24) is 14.8 Å². The molecule has 0 saturated carbocycles. The van der Waals surface area contributed by atoms with Gasteiger partial charge in [-0.3, -0.25) is 0 Å². The fourth-order valence-electron chi connectivity index (χ4n) is 1.81. The lowest BCUT2D eigenvalue weighted by molar-refractivity contribution is 0.538. The molecule has 0 aliphatic rings. The van der Waals surface area contributed by atoms with E-state index in [9.17, 15) is 0 Å². The predicted octanol–water partition coefficient (Wildman–Crippen LogP) is 2.67. The maximum absolute atomic E-state index is 6.12. The quantitative estimate of drug-likeness (QED) is 0.785. The Balaban J connectivity index is 2.58. The summed E-state index contributed by atoms with van der Waals surface area (Å²) in [6.07, 6.45) is 0. The standard InChI is InChI=1S/C14H20N4/c1-9-7-6-8-10(11(9)15)12-16-13(14(2,3)4)17-18(12)5/h6-8H,15H2,1-5H3. The van der Waals surface area contributed by atoms with Gasteiger partial charge in [0, 0.05) is 23.7 Å². The first-order valence-corrected chi connectivity index (χ1v) is 6.07. The van der Waals surface area contributed by atoms with Gasteiger partial charge in [0.25, 0.3) is 0 Å². The molecular weight excluding hydrogens is 224 g/mol. The molecule has 1 aromatic carbocycles. The van der Waals surface area contributed by atoms with Gasteiger partial charge in [0.05, 0.1) is 0 Å². The molecule has 0 aliphatic carbocycles. The van der Waals surface area contributed by atoms with Crippen molar-refractivity contribution in [3.8, 4) is 11.4 Å². The summed E-state index contributed by atoms with van der Waals surface area (Å²) in [5.74, 6) is 1.65. The van der Waals surface area contributed by atoms with Gasteiger partial charge in [-0.1, -0.05) is 32.9 Å². The lowest BCUT2D eigenvalue weighted by atomic mass is 9.96. The van der Waals surface area contributed by atoms with Crippen molar-refractivity contribution in [2.45, 2.75) is 33.1 Å². The summed E-state index contributed by atoms with van der Waals surface area (Å²) in [6.45, 7) is 8.31. The van der Waals surface area contributed by atoms with E-state index in [-0.39, 0.29) is 5.41 Å². The molecule has 0 amide bonds. The lowest BCUT2D eigenvalue weighted by Crippen LogP contribution is -2.13. The molecule has 96 valence electrons. The highest BCUT2D eigenvalue weighted by Crippen LogP contribution is 2.28. The van der Waals surface area contributed by atoms with E-state index < -0.39 is 0 Å². The average molecular weight is 244 g/mol. The number of hydrogen-bond donors (Lipinski definition) is 1. The lowest BCUT2D eigenvalue weighted by Gasteiger charge is -2.12. The first kappa shape index (κ1) is 12.6. The Morgan fingerprint density at radius 3 is 2.44 bits per heavy atom. The Morgan fingerprint density at radius 1 is 1.22 bits per heavy atom. The van der Waals surface area contributed by atoms with Gasteiger partial charge >= 0.3 is 0 Å². The second-order valence-corrected chi connectivity index (χ2v) is 5.67. The van der Waals surface area contributed by atoms with Crippen LogP contribution in [0.3, 0.4) is 0 Å². The van der Waals surface area contributed by atoms with Crippen molar-refractivity contribution < 1.29 is 0 Å². The number of nitrogens with two attached hydrogens (primary N) is 1. The Kier molecular flexibility index (Phi) is 2.89. The minimum absolute atomic E-state index is 0.0609. The second-order valence-electron chi connectivity index (χ2n) is 5.67. The Labute approximate surface area is 108 Å². The van der Waals surface area contributed by atoms with Crippen LogP contribution in [-0.4, -0.2) is 14.8 Å². The number of para-hydroxylation sites is 1. The zero-order valence-electron chi connectivity index (χ0n) is 11.7. The first-order chi connectivity index (χ1) is 8.30.